The van der Waals surface area contributed by atoms with Crippen molar-refractivity contribution in [1.29, 1.82) is 0 Å². The average Bonchev–Trinajstić information content (AvgIpc) is 3.40. The fourth-order valence-electron chi connectivity index (χ4n) is 3.73. The van der Waals surface area contributed by atoms with Gasteiger partial charge in [0.25, 0.3) is 0 Å². The Morgan fingerprint density at radius 2 is 2.00 bits per heavy atom. The van der Waals surface area contributed by atoms with Gasteiger partial charge in [-0.2, -0.15) is 0 Å². The van der Waals surface area contributed by atoms with Crippen molar-refractivity contribution in [2.45, 2.75) is 46.2 Å². The standard InChI is InChI=1S/C20H23FN6O2/c1-12-18(13(2)29-25-12)22-20(28)26-10-4-5-17(26)19-24-23-14(3)27(19)11-15-6-8-16(21)9-7-15/h6-9,17H,4-5,10-11H2,1-3H3,(H,22,28)/t17-/m1/s1. The number of rotatable bonds is 4. The minimum atomic E-state index is -0.271. The molecule has 152 valence electrons. The van der Waals surface area contributed by atoms with Crippen molar-refractivity contribution in [3.8, 4) is 0 Å². The first kappa shape index (κ1) is 19.1. The van der Waals surface area contributed by atoms with Crippen molar-refractivity contribution in [2.75, 3.05) is 11.9 Å². The van der Waals surface area contributed by atoms with Crippen molar-refractivity contribution >= 4 is 11.7 Å². The third kappa shape index (κ3) is 3.72. The number of aryl methyl sites for hydroxylation is 3. The lowest BCUT2D eigenvalue weighted by Gasteiger charge is -2.25. The van der Waals surface area contributed by atoms with Crippen LogP contribution < -0.4 is 5.32 Å². The Kier molecular flexibility index (Phi) is 5.04. The van der Waals surface area contributed by atoms with E-state index in [0.29, 0.717) is 30.2 Å². The second kappa shape index (κ2) is 7.65. The van der Waals surface area contributed by atoms with Gasteiger partial charge in [0, 0.05) is 6.54 Å². The number of carbonyl (C=O) groups is 1. The summed E-state index contributed by atoms with van der Waals surface area (Å²) in [5, 5.41) is 15.4. The van der Waals surface area contributed by atoms with Crippen LogP contribution >= 0.6 is 0 Å². The molecule has 9 heteroatoms. The van der Waals surface area contributed by atoms with E-state index in [1.165, 1.54) is 12.1 Å². The molecule has 0 saturated carbocycles. The van der Waals surface area contributed by atoms with Crippen LogP contribution in [0.15, 0.2) is 28.8 Å². The molecule has 4 rings (SSSR count). The highest BCUT2D eigenvalue weighted by atomic mass is 19.1. The second-order valence-corrected chi connectivity index (χ2v) is 7.30. The van der Waals surface area contributed by atoms with Crippen LogP contribution in [0.25, 0.3) is 0 Å². The van der Waals surface area contributed by atoms with Crippen LogP contribution in [0, 0.1) is 26.6 Å². The van der Waals surface area contributed by atoms with Crippen LogP contribution in [0.2, 0.25) is 0 Å². The van der Waals surface area contributed by atoms with Gasteiger partial charge in [-0.3, -0.25) is 0 Å². The van der Waals surface area contributed by atoms with Crippen LogP contribution in [0.4, 0.5) is 14.9 Å². The molecule has 0 spiro atoms. The smallest absolute Gasteiger partial charge is 0.322 e. The summed E-state index contributed by atoms with van der Waals surface area (Å²) in [7, 11) is 0. The molecule has 1 aliphatic rings. The zero-order chi connectivity index (χ0) is 20.5. The molecular weight excluding hydrogens is 375 g/mol. The number of nitrogens with one attached hydrogen (secondary N) is 1. The Morgan fingerprint density at radius 3 is 2.69 bits per heavy atom. The van der Waals surface area contributed by atoms with Gasteiger partial charge in [0.1, 0.15) is 23.0 Å². The Morgan fingerprint density at radius 1 is 1.24 bits per heavy atom. The molecule has 1 saturated heterocycles. The lowest BCUT2D eigenvalue weighted by atomic mass is 10.2. The number of aromatic nitrogens is 4. The lowest BCUT2D eigenvalue weighted by Crippen LogP contribution is -2.36. The zero-order valence-electron chi connectivity index (χ0n) is 16.6. The molecule has 0 radical (unpaired) electrons. The minimum Gasteiger partial charge on any atom is -0.359 e. The highest BCUT2D eigenvalue weighted by Gasteiger charge is 2.34. The van der Waals surface area contributed by atoms with Crippen LogP contribution in [-0.2, 0) is 6.54 Å². The summed E-state index contributed by atoms with van der Waals surface area (Å²) in [4.78, 5) is 14.7. The van der Waals surface area contributed by atoms with Crippen molar-refractivity contribution in [2.24, 2.45) is 0 Å². The number of nitrogens with zero attached hydrogens (tertiary/aromatic N) is 5. The van der Waals surface area contributed by atoms with Gasteiger partial charge in [0.2, 0.25) is 0 Å². The number of amides is 2. The number of anilines is 1. The monoisotopic (exact) mass is 398 g/mol. The maximum Gasteiger partial charge on any atom is 0.322 e. The van der Waals surface area contributed by atoms with E-state index < -0.39 is 0 Å². The molecule has 29 heavy (non-hydrogen) atoms. The van der Waals surface area contributed by atoms with Gasteiger partial charge in [-0.05, 0) is 51.3 Å². The minimum absolute atomic E-state index is 0.183. The van der Waals surface area contributed by atoms with Crippen molar-refractivity contribution in [3.63, 3.8) is 0 Å². The van der Waals surface area contributed by atoms with E-state index >= 15 is 0 Å². The van der Waals surface area contributed by atoms with E-state index in [4.69, 9.17) is 4.52 Å². The van der Waals surface area contributed by atoms with Gasteiger partial charge in [-0.1, -0.05) is 17.3 Å². The highest BCUT2D eigenvalue weighted by molar-refractivity contribution is 5.90. The van der Waals surface area contributed by atoms with Crippen molar-refractivity contribution < 1.29 is 13.7 Å². The predicted octanol–water partition coefficient (Wildman–Crippen LogP) is 3.75. The molecule has 3 heterocycles. The fraction of sp³-hybridized carbons (Fsp3) is 0.400. The number of benzene rings is 1. The maximum absolute atomic E-state index is 13.2. The van der Waals surface area contributed by atoms with Crippen LogP contribution in [0.3, 0.4) is 0 Å². The highest BCUT2D eigenvalue weighted by Crippen LogP contribution is 2.32. The third-order valence-electron chi connectivity index (χ3n) is 5.30. The zero-order valence-corrected chi connectivity index (χ0v) is 16.6. The number of hydrogen-bond donors (Lipinski definition) is 1. The predicted molar refractivity (Wildman–Crippen MR) is 104 cm³/mol. The maximum atomic E-state index is 13.2. The topological polar surface area (TPSA) is 89.1 Å². The molecule has 0 unspecified atom stereocenters. The summed E-state index contributed by atoms with van der Waals surface area (Å²) in [6, 6.07) is 5.97. The summed E-state index contributed by atoms with van der Waals surface area (Å²) < 4.78 is 20.3. The number of halogens is 1. The van der Waals surface area contributed by atoms with E-state index in [1.807, 2.05) is 11.5 Å². The fourth-order valence-corrected chi connectivity index (χ4v) is 3.73. The van der Waals surface area contributed by atoms with Gasteiger partial charge < -0.3 is 19.3 Å². The molecule has 0 aliphatic carbocycles. The first-order valence-electron chi connectivity index (χ1n) is 9.58. The summed E-state index contributed by atoms with van der Waals surface area (Å²) in [5.41, 5.74) is 2.19. The third-order valence-corrected chi connectivity index (χ3v) is 5.30. The first-order chi connectivity index (χ1) is 13.9. The number of urea groups is 1. The molecule has 1 fully saturated rings. The summed E-state index contributed by atoms with van der Waals surface area (Å²) in [5.74, 6) is 1.79. The van der Waals surface area contributed by atoms with Crippen LogP contribution in [-0.4, -0.2) is 37.4 Å². The van der Waals surface area contributed by atoms with Crippen molar-refractivity contribution in [3.05, 3.63) is 58.7 Å². The Hall–Kier alpha value is -3.23. The first-order valence-corrected chi connectivity index (χ1v) is 9.58. The molecule has 1 atom stereocenters. The molecule has 1 aliphatic heterocycles. The Labute approximate surface area is 167 Å². The molecule has 2 amide bonds. The number of hydrogen-bond acceptors (Lipinski definition) is 5. The van der Waals surface area contributed by atoms with Crippen molar-refractivity contribution in [1.82, 2.24) is 24.8 Å². The normalized spacial score (nSPS) is 16.4. The molecule has 1 N–H and O–H groups in total. The lowest BCUT2D eigenvalue weighted by molar-refractivity contribution is 0.203. The van der Waals surface area contributed by atoms with E-state index in [1.54, 1.807) is 30.9 Å². The van der Waals surface area contributed by atoms with Gasteiger partial charge in [0.15, 0.2) is 11.6 Å². The molecule has 0 bridgehead atoms. The van der Waals surface area contributed by atoms with Crippen LogP contribution in [0.1, 0.15) is 47.5 Å². The van der Waals surface area contributed by atoms with Crippen LogP contribution in [0.5, 0.6) is 0 Å². The molecule has 3 aromatic rings. The largest absolute Gasteiger partial charge is 0.359 e. The Bertz CT molecular complexity index is 1010. The van der Waals surface area contributed by atoms with Gasteiger partial charge in [-0.25, -0.2) is 9.18 Å². The summed E-state index contributed by atoms with van der Waals surface area (Å²) in [6.07, 6.45) is 1.68. The quantitative estimate of drug-likeness (QED) is 0.723. The van der Waals surface area contributed by atoms with E-state index in [0.717, 1.165) is 30.1 Å². The van der Waals surface area contributed by atoms with Gasteiger partial charge >= 0.3 is 6.03 Å². The molecule has 2 aromatic heterocycles. The Balaban J connectivity index is 1.57. The second-order valence-electron chi connectivity index (χ2n) is 7.30. The summed E-state index contributed by atoms with van der Waals surface area (Å²) in [6.45, 7) is 6.58. The molecular formula is C20H23FN6O2. The number of carbonyl (C=O) groups excluding carboxylic acids is 1. The molecule has 1 aromatic carbocycles. The molecule has 8 nitrogen and oxygen atoms in total. The van der Waals surface area contributed by atoms with E-state index in [2.05, 4.69) is 20.7 Å². The van der Waals surface area contributed by atoms with Gasteiger partial charge in [-0.15, -0.1) is 10.2 Å². The SMILES string of the molecule is Cc1noc(C)c1NC(=O)N1CCC[C@@H]1c1nnc(C)n1Cc1ccc(F)cc1. The van der Waals surface area contributed by atoms with Gasteiger partial charge in [0.05, 0.1) is 12.6 Å². The van der Waals surface area contributed by atoms with E-state index in [9.17, 15) is 9.18 Å². The summed E-state index contributed by atoms with van der Waals surface area (Å²) >= 11 is 0. The van der Waals surface area contributed by atoms with E-state index in [-0.39, 0.29) is 17.9 Å². The number of likely N-dealkylation sites (tertiary alicyclic amines) is 1. The average molecular weight is 398 g/mol.